The fraction of sp³-hybridized carbons (Fsp3) is 0.708. The number of fused-ring (bicyclic) bond motifs is 3. The van der Waals surface area contributed by atoms with Gasteiger partial charge in [0, 0.05) is 44.6 Å². The monoisotopic (exact) mass is 631 g/mol. The van der Waals surface area contributed by atoms with Crippen LogP contribution in [0.5, 0.6) is 0 Å². The number of aromatic nitrogens is 3. The van der Waals surface area contributed by atoms with Gasteiger partial charge in [-0.25, -0.2) is 4.79 Å². The second-order valence-electron chi connectivity index (χ2n) is 11.9. The molecule has 0 N–H and O–H groups in total. The molecule has 0 spiro atoms. The maximum absolute atomic E-state index is 13.4. The van der Waals surface area contributed by atoms with E-state index in [1.54, 1.807) is 16.5 Å². The zero-order valence-electron chi connectivity index (χ0n) is 22.3. The number of hydrogen-bond donors (Lipinski definition) is 0. The van der Waals surface area contributed by atoms with Crippen LogP contribution in [0, 0.1) is 3.57 Å². The lowest BCUT2D eigenvalue weighted by molar-refractivity contribution is -0.0667. The zero-order valence-corrected chi connectivity index (χ0v) is 25.5. The normalized spacial score (nSPS) is 20.8. The number of piperazine rings is 1. The quantitative estimate of drug-likeness (QED) is 0.274. The zero-order chi connectivity index (χ0) is 26.4. The maximum atomic E-state index is 13.4. The number of ether oxygens (including phenoxy) is 3. The Morgan fingerprint density at radius 3 is 2.44 bits per heavy atom. The summed E-state index contributed by atoms with van der Waals surface area (Å²) in [6.45, 7) is 15.5. The standard InChI is InChI=1S/C24H38IN5O5Si/c1-24(2,3)35-23(32)30-16-10-28(11-17(30)14-34-13-16)22-26-20-19(21(31)27(22)4)18(25)12-29(20)15-33-8-9-36(5,6)7/h12,16-17H,8-11,13-15H2,1-7H3. The molecule has 0 aliphatic carbocycles. The first-order valence-corrected chi connectivity index (χ1v) is 17.2. The van der Waals surface area contributed by atoms with Gasteiger partial charge in [0.25, 0.3) is 5.56 Å². The van der Waals surface area contributed by atoms with Crippen molar-refractivity contribution in [1.82, 2.24) is 19.0 Å². The van der Waals surface area contributed by atoms with E-state index in [4.69, 9.17) is 19.2 Å². The first kappa shape index (κ1) is 27.4. The van der Waals surface area contributed by atoms with Gasteiger partial charge in [0.05, 0.1) is 30.7 Å². The summed E-state index contributed by atoms with van der Waals surface area (Å²) < 4.78 is 21.8. The number of rotatable bonds is 6. The van der Waals surface area contributed by atoms with Crippen LogP contribution in [0.3, 0.4) is 0 Å². The summed E-state index contributed by atoms with van der Waals surface area (Å²) in [5, 5.41) is 0.603. The Hall–Kier alpha value is -1.64. The minimum absolute atomic E-state index is 0.0868. The average Bonchev–Trinajstić information content (AvgIpc) is 3.06. The van der Waals surface area contributed by atoms with Crippen LogP contribution in [0.4, 0.5) is 10.7 Å². The summed E-state index contributed by atoms with van der Waals surface area (Å²) in [4.78, 5) is 35.2. The molecule has 2 aliphatic rings. The molecule has 200 valence electrons. The molecule has 2 aliphatic heterocycles. The van der Waals surface area contributed by atoms with Crippen molar-refractivity contribution in [1.29, 1.82) is 0 Å². The van der Waals surface area contributed by atoms with Gasteiger partial charge in [-0.2, -0.15) is 4.98 Å². The molecule has 12 heteroatoms. The molecule has 2 aromatic heterocycles. The molecule has 0 saturated carbocycles. The Balaban J connectivity index is 1.60. The van der Waals surface area contributed by atoms with Gasteiger partial charge >= 0.3 is 6.09 Å². The minimum atomic E-state index is -1.19. The number of halogens is 1. The molecule has 4 heterocycles. The Kier molecular flexibility index (Phi) is 7.80. The summed E-state index contributed by atoms with van der Waals surface area (Å²) in [6, 6.07) is 0.713. The minimum Gasteiger partial charge on any atom is -0.444 e. The highest BCUT2D eigenvalue weighted by molar-refractivity contribution is 14.1. The van der Waals surface area contributed by atoms with Crippen LogP contribution in [0.15, 0.2) is 11.0 Å². The molecule has 1 amide bonds. The van der Waals surface area contributed by atoms with Gasteiger partial charge in [0.2, 0.25) is 5.95 Å². The first-order valence-electron chi connectivity index (χ1n) is 12.4. The fourth-order valence-corrected chi connectivity index (χ4v) is 6.19. The number of nitrogens with zero attached hydrogens (tertiary/aromatic N) is 5. The van der Waals surface area contributed by atoms with Gasteiger partial charge in [0.15, 0.2) is 5.65 Å². The third kappa shape index (κ3) is 5.91. The lowest BCUT2D eigenvalue weighted by Crippen LogP contribution is -2.67. The van der Waals surface area contributed by atoms with Crippen LogP contribution in [0.2, 0.25) is 25.7 Å². The van der Waals surface area contributed by atoms with Crippen LogP contribution in [-0.2, 0) is 28.0 Å². The summed E-state index contributed by atoms with van der Waals surface area (Å²) >= 11 is 2.19. The smallest absolute Gasteiger partial charge is 0.411 e. The molecule has 2 bridgehead atoms. The number of amides is 1. The van der Waals surface area contributed by atoms with Crippen molar-refractivity contribution >= 4 is 53.7 Å². The van der Waals surface area contributed by atoms with Crippen molar-refractivity contribution in [2.45, 2.75) is 70.9 Å². The molecule has 2 unspecified atom stereocenters. The third-order valence-electron chi connectivity index (χ3n) is 6.41. The Morgan fingerprint density at radius 2 is 1.86 bits per heavy atom. The highest BCUT2D eigenvalue weighted by atomic mass is 127. The fourth-order valence-electron chi connectivity index (χ4n) is 4.62. The molecule has 4 rings (SSSR count). The van der Waals surface area contributed by atoms with Gasteiger partial charge in [0.1, 0.15) is 12.3 Å². The maximum Gasteiger partial charge on any atom is 0.411 e. The van der Waals surface area contributed by atoms with E-state index < -0.39 is 13.7 Å². The lowest BCUT2D eigenvalue weighted by atomic mass is 10.1. The van der Waals surface area contributed by atoms with Gasteiger partial charge < -0.3 is 23.7 Å². The highest BCUT2D eigenvalue weighted by Gasteiger charge is 2.43. The summed E-state index contributed by atoms with van der Waals surface area (Å²) in [6.07, 6.45) is 1.61. The molecule has 0 radical (unpaired) electrons. The van der Waals surface area contributed by atoms with Crippen molar-refractivity contribution in [2.24, 2.45) is 7.05 Å². The predicted octanol–water partition coefficient (Wildman–Crippen LogP) is 3.48. The SMILES string of the molecule is Cn1c(N2CC3COCC(C2)N3C(=O)OC(C)(C)C)nc2c(c(I)cn2COCC[Si](C)(C)C)c1=O. The van der Waals surface area contributed by atoms with E-state index in [0.29, 0.717) is 56.6 Å². The van der Waals surface area contributed by atoms with Gasteiger partial charge in [-0.05, 0) is 49.4 Å². The van der Waals surface area contributed by atoms with Crippen LogP contribution in [0.25, 0.3) is 11.0 Å². The highest BCUT2D eigenvalue weighted by Crippen LogP contribution is 2.28. The molecule has 2 fully saturated rings. The number of anilines is 1. The average molecular weight is 632 g/mol. The first-order chi connectivity index (χ1) is 16.7. The van der Waals surface area contributed by atoms with E-state index >= 15 is 0 Å². The molecule has 10 nitrogen and oxygen atoms in total. The molecule has 2 atom stereocenters. The molecule has 2 aromatic rings. The number of morpholine rings is 1. The summed E-state index contributed by atoms with van der Waals surface area (Å²) in [7, 11) is 0.570. The number of carbonyl (C=O) groups is 1. The summed E-state index contributed by atoms with van der Waals surface area (Å²) in [5.41, 5.74) is -0.0303. The molecule has 36 heavy (non-hydrogen) atoms. The molecular weight excluding hydrogens is 593 g/mol. The number of hydrogen-bond acceptors (Lipinski definition) is 7. The van der Waals surface area contributed by atoms with E-state index in [-0.39, 0.29) is 23.7 Å². The second kappa shape index (κ2) is 10.3. The Morgan fingerprint density at radius 1 is 1.22 bits per heavy atom. The third-order valence-corrected chi connectivity index (χ3v) is 8.93. The van der Waals surface area contributed by atoms with Crippen LogP contribution >= 0.6 is 22.6 Å². The summed E-state index contributed by atoms with van der Waals surface area (Å²) in [5.74, 6) is 0.589. The molecule has 2 saturated heterocycles. The van der Waals surface area contributed by atoms with Crippen LogP contribution in [0.1, 0.15) is 20.8 Å². The van der Waals surface area contributed by atoms with Gasteiger partial charge in [-0.3, -0.25) is 14.3 Å². The Labute approximate surface area is 227 Å². The lowest BCUT2D eigenvalue weighted by Gasteiger charge is -2.49. The van der Waals surface area contributed by atoms with Gasteiger partial charge in [-0.1, -0.05) is 19.6 Å². The number of carbonyl (C=O) groups excluding carboxylic acids is 1. The van der Waals surface area contributed by atoms with Crippen LogP contribution in [-0.4, -0.2) is 83.8 Å². The van der Waals surface area contributed by atoms with Gasteiger partial charge in [-0.15, -0.1) is 0 Å². The van der Waals surface area contributed by atoms with Crippen molar-refractivity contribution in [3.8, 4) is 0 Å². The second-order valence-corrected chi connectivity index (χ2v) is 18.7. The largest absolute Gasteiger partial charge is 0.444 e. The molecule has 0 aromatic carbocycles. The molecular formula is C24H38IN5O5Si. The van der Waals surface area contributed by atoms with E-state index in [1.807, 2.05) is 31.5 Å². The van der Waals surface area contributed by atoms with E-state index in [1.165, 1.54) is 0 Å². The van der Waals surface area contributed by atoms with E-state index in [9.17, 15) is 9.59 Å². The van der Waals surface area contributed by atoms with Crippen LogP contribution < -0.4 is 10.5 Å². The van der Waals surface area contributed by atoms with E-state index in [2.05, 4.69) is 47.1 Å². The predicted molar refractivity (Wildman–Crippen MR) is 150 cm³/mol. The Bertz CT molecular complexity index is 1170. The van der Waals surface area contributed by atoms with E-state index in [0.717, 1.165) is 9.61 Å². The van der Waals surface area contributed by atoms with Crippen molar-refractivity contribution < 1.29 is 19.0 Å². The van der Waals surface area contributed by atoms with Crippen molar-refractivity contribution in [3.63, 3.8) is 0 Å². The van der Waals surface area contributed by atoms with Crippen molar-refractivity contribution in [2.75, 3.05) is 37.8 Å². The topological polar surface area (TPSA) is 91.1 Å². The van der Waals surface area contributed by atoms with Crippen molar-refractivity contribution in [3.05, 3.63) is 20.1 Å².